The van der Waals surface area contributed by atoms with E-state index in [9.17, 15) is 4.79 Å². The summed E-state index contributed by atoms with van der Waals surface area (Å²) in [4.78, 5) is 13.8. The molecule has 0 aliphatic rings. The fourth-order valence-corrected chi connectivity index (χ4v) is 2.30. The quantitative estimate of drug-likeness (QED) is 0.818. The average molecular weight is 262 g/mol. The molecular formula is C14H18N2OS. The summed E-state index contributed by atoms with van der Waals surface area (Å²) >= 11 is 1.74. The van der Waals surface area contributed by atoms with E-state index < -0.39 is 0 Å². The van der Waals surface area contributed by atoms with Gasteiger partial charge in [-0.05, 0) is 30.9 Å². The van der Waals surface area contributed by atoms with Crippen LogP contribution in [0.15, 0.2) is 24.3 Å². The summed E-state index contributed by atoms with van der Waals surface area (Å²) in [6.07, 6.45) is 2.43. The number of likely N-dealkylation sites (N-methyl/N-ethyl adjacent to an activating group) is 1. The lowest BCUT2D eigenvalue weighted by molar-refractivity contribution is -0.130. The Bertz CT molecular complexity index is 436. The van der Waals surface area contributed by atoms with E-state index in [4.69, 9.17) is 5.26 Å². The second kappa shape index (κ2) is 7.07. The van der Waals surface area contributed by atoms with Crippen LogP contribution in [0.25, 0.3) is 0 Å². The van der Waals surface area contributed by atoms with Gasteiger partial charge in [0.2, 0.25) is 5.91 Å². The van der Waals surface area contributed by atoms with Crippen LogP contribution in [0.4, 0.5) is 0 Å². The van der Waals surface area contributed by atoms with Gasteiger partial charge in [0.25, 0.3) is 0 Å². The monoisotopic (exact) mass is 262 g/mol. The molecule has 1 aromatic rings. The Balaban J connectivity index is 2.61. The minimum Gasteiger partial charge on any atom is -0.342 e. The number of rotatable bonds is 5. The molecule has 1 atom stereocenters. The van der Waals surface area contributed by atoms with Crippen LogP contribution in [-0.2, 0) is 11.2 Å². The maximum Gasteiger partial charge on any atom is 0.226 e. The molecule has 0 heterocycles. The van der Waals surface area contributed by atoms with Crippen molar-refractivity contribution in [3.05, 3.63) is 35.4 Å². The van der Waals surface area contributed by atoms with E-state index in [0.717, 1.165) is 11.3 Å². The van der Waals surface area contributed by atoms with Crippen molar-refractivity contribution in [2.24, 2.45) is 0 Å². The zero-order valence-electron chi connectivity index (χ0n) is 11.0. The zero-order valence-corrected chi connectivity index (χ0v) is 11.8. The Hall–Kier alpha value is -1.47. The maximum atomic E-state index is 12.0. The number of nitrogens with zero attached hydrogens (tertiary/aromatic N) is 2. The van der Waals surface area contributed by atoms with Gasteiger partial charge < -0.3 is 4.90 Å². The number of hydrogen-bond acceptors (Lipinski definition) is 3. The van der Waals surface area contributed by atoms with Gasteiger partial charge in [-0.1, -0.05) is 12.1 Å². The summed E-state index contributed by atoms with van der Waals surface area (Å²) in [5, 5.41) is 8.70. The first-order chi connectivity index (χ1) is 8.58. The van der Waals surface area contributed by atoms with Gasteiger partial charge >= 0.3 is 0 Å². The van der Waals surface area contributed by atoms with E-state index in [1.807, 2.05) is 32.4 Å². The van der Waals surface area contributed by atoms with Crippen LogP contribution in [0.1, 0.15) is 18.1 Å². The summed E-state index contributed by atoms with van der Waals surface area (Å²) in [5.74, 6) is 1.05. The fourth-order valence-electron chi connectivity index (χ4n) is 1.60. The van der Waals surface area contributed by atoms with Gasteiger partial charge in [-0.2, -0.15) is 17.0 Å². The van der Waals surface area contributed by atoms with E-state index >= 15 is 0 Å². The van der Waals surface area contributed by atoms with Gasteiger partial charge in [0.05, 0.1) is 18.1 Å². The normalized spacial score (nSPS) is 11.7. The number of hydrogen-bond donors (Lipinski definition) is 0. The molecule has 3 nitrogen and oxygen atoms in total. The van der Waals surface area contributed by atoms with Crippen LogP contribution in [-0.4, -0.2) is 35.9 Å². The van der Waals surface area contributed by atoms with Crippen LogP contribution in [0.3, 0.4) is 0 Å². The third kappa shape index (κ3) is 4.08. The molecule has 18 heavy (non-hydrogen) atoms. The molecule has 0 aliphatic carbocycles. The molecule has 0 radical (unpaired) electrons. The minimum atomic E-state index is 0.112. The van der Waals surface area contributed by atoms with E-state index in [0.29, 0.717) is 12.0 Å². The number of thioether (sulfide) groups is 1. The molecule has 1 unspecified atom stereocenters. The highest BCUT2D eigenvalue weighted by Crippen LogP contribution is 2.09. The van der Waals surface area contributed by atoms with Crippen molar-refractivity contribution in [3.8, 4) is 6.07 Å². The Morgan fingerprint density at radius 3 is 2.56 bits per heavy atom. The lowest BCUT2D eigenvalue weighted by atomic mass is 10.1. The predicted molar refractivity (Wildman–Crippen MR) is 75.5 cm³/mol. The molecule has 0 spiro atoms. The standard InChI is InChI=1S/C14H18N2OS/c1-11(10-18-3)16(2)14(17)8-12-4-6-13(9-15)7-5-12/h4-7,11H,8,10H2,1-3H3. The number of nitriles is 1. The van der Waals surface area contributed by atoms with Gasteiger partial charge in [0.1, 0.15) is 0 Å². The maximum absolute atomic E-state index is 12.0. The number of carbonyl (C=O) groups excluding carboxylic acids is 1. The van der Waals surface area contributed by atoms with Crippen LogP contribution in [0, 0.1) is 11.3 Å². The molecule has 0 bridgehead atoms. The first kappa shape index (κ1) is 14.6. The minimum absolute atomic E-state index is 0.112. The van der Waals surface area contributed by atoms with Gasteiger partial charge in [0.15, 0.2) is 0 Å². The molecule has 1 rings (SSSR count). The second-order valence-electron chi connectivity index (χ2n) is 4.29. The van der Waals surface area contributed by atoms with Crippen LogP contribution < -0.4 is 0 Å². The van der Waals surface area contributed by atoms with Crippen molar-refractivity contribution >= 4 is 17.7 Å². The summed E-state index contributed by atoms with van der Waals surface area (Å²) in [5.41, 5.74) is 1.57. The molecule has 0 saturated carbocycles. The van der Waals surface area contributed by atoms with Crippen molar-refractivity contribution in [2.75, 3.05) is 19.1 Å². The van der Waals surface area contributed by atoms with Gasteiger partial charge in [0, 0.05) is 18.8 Å². The number of benzene rings is 1. The van der Waals surface area contributed by atoms with E-state index in [1.54, 1.807) is 28.8 Å². The molecule has 0 N–H and O–H groups in total. The summed E-state index contributed by atoms with van der Waals surface area (Å²) in [6.45, 7) is 2.05. The Labute approximate surface area is 113 Å². The first-order valence-corrected chi connectivity index (χ1v) is 7.21. The zero-order chi connectivity index (χ0) is 13.5. The van der Waals surface area contributed by atoms with E-state index in [2.05, 4.69) is 6.07 Å². The highest BCUT2D eigenvalue weighted by molar-refractivity contribution is 7.98. The van der Waals surface area contributed by atoms with Crippen LogP contribution in [0.2, 0.25) is 0 Å². The molecule has 1 aromatic carbocycles. The smallest absolute Gasteiger partial charge is 0.226 e. The van der Waals surface area contributed by atoms with Crippen molar-refractivity contribution < 1.29 is 4.79 Å². The Kier molecular flexibility index (Phi) is 5.73. The van der Waals surface area contributed by atoms with E-state index in [1.165, 1.54) is 0 Å². The van der Waals surface area contributed by atoms with Crippen LogP contribution >= 0.6 is 11.8 Å². The average Bonchev–Trinajstić information content (AvgIpc) is 2.39. The SMILES string of the molecule is CSCC(C)N(C)C(=O)Cc1ccc(C#N)cc1. The van der Waals surface area contributed by atoms with Crippen molar-refractivity contribution in [3.63, 3.8) is 0 Å². The Morgan fingerprint density at radius 2 is 2.06 bits per heavy atom. The topological polar surface area (TPSA) is 44.1 Å². The molecular weight excluding hydrogens is 244 g/mol. The second-order valence-corrected chi connectivity index (χ2v) is 5.21. The molecule has 0 saturated heterocycles. The first-order valence-electron chi connectivity index (χ1n) is 5.82. The number of amides is 1. The predicted octanol–water partition coefficient (Wildman–Crippen LogP) is 2.31. The molecule has 0 aromatic heterocycles. The highest BCUT2D eigenvalue weighted by atomic mass is 32.2. The van der Waals surface area contributed by atoms with Crippen molar-refractivity contribution in [2.45, 2.75) is 19.4 Å². The third-order valence-corrected chi connectivity index (χ3v) is 3.72. The van der Waals surface area contributed by atoms with Crippen molar-refractivity contribution in [1.82, 2.24) is 4.90 Å². The van der Waals surface area contributed by atoms with Crippen molar-refractivity contribution in [1.29, 1.82) is 5.26 Å². The largest absolute Gasteiger partial charge is 0.342 e. The highest BCUT2D eigenvalue weighted by Gasteiger charge is 2.15. The summed E-state index contributed by atoms with van der Waals surface area (Å²) in [6, 6.07) is 9.47. The molecule has 0 aliphatic heterocycles. The third-order valence-electron chi connectivity index (χ3n) is 2.90. The van der Waals surface area contributed by atoms with Crippen LogP contribution in [0.5, 0.6) is 0 Å². The summed E-state index contributed by atoms with van der Waals surface area (Å²) < 4.78 is 0. The lowest BCUT2D eigenvalue weighted by Crippen LogP contribution is -2.37. The fraction of sp³-hybridized carbons (Fsp3) is 0.429. The van der Waals surface area contributed by atoms with Gasteiger partial charge in [-0.3, -0.25) is 4.79 Å². The van der Waals surface area contributed by atoms with Gasteiger partial charge in [-0.15, -0.1) is 0 Å². The molecule has 4 heteroatoms. The Morgan fingerprint density at radius 1 is 1.44 bits per heavy atom. The molecule has 1 amide bonds. The molecule has 96 valence electrons. The molecule has 0 fully saturated rings. The lowest BCUT2D eigenvalue weighted by Gasteiger charge is -2.24. The summed E-state index contributed by atoms with van der Waals surface area (Å²) in [7, 11) is 1.84. The van der Waals surface area contributed by atoms with E-state index in [-0.39, 0.29) is 11.9 Å². The van der Waals surface area contributed by atoms with Gasteiger partial charge in [-0.25, -0.2) is 0 Å². The number of carbonyl (C=O) groups is 1.